The zero-order valence-corrected chi connectivity index (χ0v) is 12.1. The molecule has 0 spiro atoms. The Labute approximate surface area is 119 Å². The molecule has 1 unspecified atom stereocenters. The second-order valence-corrected chi connectivity index (χ2v) is 5.51. The molecule has 1 aliphatic rings. The summed E-state index contributed by atoms with van der Waals surface area (Å²) in [6.45, 7) is 5.19. The highest BCUT2D eigenvalue weighted by atomic mass is 16.4. The lowest BCUT2D eigenvalue weighted by molar-refractivity contribution is -0.119. The van der Waals surface area contributed by atoms with E-state index in [2.05, 4.69) is 0 Å². The highest BCUT2D eigenvalue weighted by molar-refractivity contribution is 5.93. The Kier molecular flexibility index (Phi) is 4.47. The van der Waals surface area contributed by atoms with Gasteiger partial charge in [0.1, 0.15) is 5.76 Å². The van der Waals surface area contributed by atoms with Gasteiger partial charge >= 0.3 is 0 Å². The van der Waals surface area contributed by atoms with Crippen LogP contribution in [0.15, 0.2) is 10.5 Å². The molecule has 1 saturated heterocycles. The summed E-state index contributed by atoms with van der Waals surface area (Å²) in [7, 11) is 0. The zero-order chi connectivity index (χ0) is 14.7. The summed E-state index contributed by atoms with van der Waals surface area (Å²) in [5, 5.41) is 0. The maximum absolute atomic E-state index is 12.5. The van der Waals surface area contributed by atoms with Crippen molar-refractivity contribution in [1.82, 2.24) is 4.90 Å². The number of aryl methyl sites for hydroxylation is 2. The number of carbonyl (C=O) groups is 2. The molecule has 2 heterocycles. The van der Waals surface area contributed by atoms with Crippen LogP contribution in [0.4, 0.5) is 0 Å². The number of hydrogen-bond acceptors (Lipinski definition) is 3. The van der Waals surface area contributed by atoms with Gasteiger partial charge in [-0.15, -0.1) is 0 Å². The van der Waals surface area contributed by atoms with Gasteiger partial charge in [-0.2, -0.15) is 0 Å². The predicted octanol–water partition coefficient (Wildman–Crippen LogP) is 1.88. The van der Waals surface area contributed by atoms with E-state index >= 15 is 0 Å². The molecule has 0 saturated carbocycles. The fourth-order valence-corrected chi connectivity index (χ4v) is 2.78. The van der Waals surface area contributed by atoms with Crippen molar-refractivity contribution >= 4 is 11.8 Å². The molecular weight excluding hydrogens is 256 g/mol. The van der Waals surface area contributed by atoms with Gasteiger partial charge in [-0.25, -0.2) is 0 Å². The summed E-state index contributed by atoms with van der Waals surface area (Å²) < 4.78 is 5.61. The first-order chi connectivity index (χ1) is 9.51. The van der Waals surface area contributed by atoms with E-state index in [1.807, 2.05) is 19.9 Å². The van der Waals surface area contributed by atoms with Crippen molar-refractivity contribution in [2.75, 3.05) is 13.1 Å². The topological polar surface area (TPSA) is 76.5 Å². The SMILES string of the molecule is CCc1cc(C)c(C(=O)N2CCCC(CC(N)=O)C2)o1. The van der Waals surface area contributed by atoms with E-state index in [9.17, 15) is 9.59 Å². The third-order valence-corrected chi connectivity index (χ3v) is 3.81. The summed E-state index contributed by atoms with van der Waals surface area (Å²) in [5.74, 6) is 1.06. The molecule has 2 rings (SSSR count). The van der Waals surface area contributed by atoms with Crippen LogP contribution in [0.3, 0.4) is 0 Å². The molecular formula is C15H22N2O3. The quantitative estimate of drug-likeness (QED) is 0.913. The van der Waals surface area contributed by atoms with Crippen molar-refractivity contribution in [3.05, 3.63) is 23.2 Å². The van der Waals surface area contributed by atoms with E-state index in [0.717, 1.165) is 37.1 Å². The zero-order valence-electron chi connectivity index (χ0n) is 12.1. The smallest absolute Gasteiger partial charge is 0.289 e. The normalized spacial score (nSPS) is 19.1. The number of hydrogen-bond donors (Lipinski definition) is 1. The van der Waals surface area contributed by atoms with Crippen molar-refractivity contribution in [3.8, 4) is 0 Å². The molecule has 1 aliphatic heterocycles. The summed E-state index contributed by atoms with van der Waals surface area (Å²) in [5.41, 5.74) is 6.12. The highest BCUT2D eigenvalue weighted by Crippen LogP contribution is 2.23. The van der Waals surface area contributed by atoms with Crippen LogP contribution in [-0.4, -0.2) is 29.8 Å². The van der Waals surface area contributed by atoms with Crippen LogP contribution in [0.1, 0.15) is 48.1 Å². The largest absolute Gasteiger partial charge is 0.456 e. The minimum atomic E-state index is -0.299. The Hall–Kier alpha value is -1.78. The fraction of sp³-hybridized carbons (Fsp3) is 0.600. The molecule has 110 valence electrons. The Morgan fingerprint density at radius 2 is 2.25 bits per heavy atom. The molecule has 0 aromatic carbocycles. The van der Waals surface area contributed by atoms with Gasteiger partial charge in [-0.05, 0) is 31.7 Å². The standard InChI is InChI=1S/C15H22N2O3/c1-3-12-7-10(2)14(20-12)15(19)17-6-4-5-11(9-17)8-13(16)18/h7,11H,3-6,8-9H2,1-2H3,(H2,16,18). The maximum atomic E-state index is 12.5. The number of amides is 2. The predicted molar refractivity (Wildman–Crippen MR) is 75.3 cm³/mol. The Morgan fingerprint density at radius 3 is 2.85 bits per heavy atom. The molecule has 2 N–H and O–H groups in total. The first kappa shape index (κ1) is 14.6. The van der Waals surface area contributed by atoms with Crippen molar-refractivity contribution in [3.63, 3.8) is 0 Å². The molecule has 5 nitrogen and oxygen atoms in total. The number of piperidine rings is 1. The van der Waals surface area contributed by atoms with Crippen LogP contribution in [0.2, 0.25) is 0 Å². The first-order valence-electron chi connectivity index (χ1n) is 7.18. The molecule has 0 aliphatic carbocycles. The summed E-state index contributed by atoms with van der Waals surface area (Å²) in [4.78, 5) is 25.3. The lowest BCUT2D eigenvalue weighted by Crippen LogP contribution is -2.41. The minimum absolute atomic E-state index is 0.0728. The Morgan fingerprint density at radius 1 is 1.50 bits per heavy atom. The molecule has 0 bridgehead atoms. The second kappa shape index (κ2) is 6.11. The van der Waals surface area contributed by atoms with Gasteiger partial charge in [-0.3, -0.25) is 9.59 Å². The van der Waals surface area contributed by atoms with Crippen LogP contribution in [0, 0.1) is 12.8 Å². The Balaban J connectivity index is 2.07. The number of rotatable bonds is 4. The molecule has 1 aromatic heterocycles. The van der Waals surface area contributed by atoms with Crippen LogP contribution in [0.25, 0.3) is 0 Å². The van der Waals surface area contributed by atoms with E-state index in [0.29, 0.717) is 18.7 Å². The number of furan rings is 1. The summed E-state index contributed by atoms with van der Waals surface area (Å²) in [6.07, 6.45) is 2.98. The number of nitrogens with two attached hydrogens (primary N) is 1. The van der Waals surface area contributed by atoms with Gasteiger partial charge in [0.15, 0.2) is 5.76 Å². The van der Waals surface area contributed by atoms with E-state index in [4.69, 9.17) is 10.2 Å². The number of carbonyl (C=O) groups excluding carboxylic acids is 2. The molecule has 0 radical (unpaired) electrons. The van der Waals surface area contributed by atoms with Crippen molar-refractivity contribution in [2.45, 2.75) is 39.5 Å². The number of likely N-dealkylation sites (tertiary alicyclic amines) is 1. The average Bonchev–Trinajstić information content (AvgIpc) is 2.79. The molecule has 1 atom stereocenters. The van der Waals surface area contributed by atoms with E-state index in [1.54, 1.807) is 4.90 Å². The highest BCUT2D eigenvalue weighted by Gasteiger charge is 2.28. The third-order valence-electron chi connectivity index (χ3n) is 3.81. The van der Waals surface area contributed by atoms with Gasteiger partial charge in [0.2, 0.25) is 5.91 Å². The molecule has 5 heteroatoms. The van der Waals surface area contributed by atoms with Gasteiger partial charge in [0.25, 0.3) is 5.91 Å². The first-order valence-corrected chi connectivity index (χ1v) is 7.18. The summed E-state index contributed by atoms with van der Waals surface area (Å²) >= 11 is 0. The fourth-order valence-electron chi connectivity index (χ4n) is 2.78. The average molecular weight is 278 g/mol. The monoisotopic (exact) mass is 278 g/mol. The second-order valence-electron chi connectivity index (χ2n) is 5.51. The van der Waals surface area contributed by atoms with Gasteiger partial charge in [0, 0.05) is 31.5 Å². The van der Waals surface area contributed by atoms with E-state index in [1.165, 1.54) is 0 Å². The molecule has 1 aromatic rings. The number of primary amides is 1. The minimum Gasteiger partial charge on any atom is -0.456 e. The van der Waals surface area contributed by atoms with Crippen LogP contribution in [0.5, 0.6) is 0 Å². The Bertz CT molecular complexity index is 507. The van der Waals surface area contributed by atoms with E-state index < -0.39 is 0 Å². The van der Waals surface area contributed by atoms with Crippen molar-refractivity contribution < 1.29 is 14.0 Å². The molecule has 20 heavy (non-hydrogen) atoms. The van der Waals surface area contributed by atoms with E-state index in [-0.39, 0.29) is 17.7 Å². The van der Waals surface area contributed by atoms with Gasteiger partial charge in [-0.1, -0.05) is 6.92 Å². The summed E-state index contributed by atoms with van der Waals surface area (Å²) in [6, 6.07) is 1.91. The van der Waals surface area contributed by atoms with Crippen LogP contribution < -0.4 is 5.73 Å². The van der Waals surface area contributed by atoms with Gasteiger partial charge in [0.05, 0.1) is 0 Å². The molecule has 1 fully saturated rings. The van der Waals surface area contributed by atoms with Crippen molar-refractivity contribution in [1.29, 1.82) is 0 Å². The van der Waals surface area contributed by atoms with Gasteiger partial charge < -0.3 is 15.1 Å². The lowest BCUT2D eigenvalue weighted by atomic mass is 9.94. The molecule has 2 amide bonds. The maximum Gasteiger partial charge on any atom is 0.289 e. The van der Waals surface area contributed by atoms with Crippen molar-refractivity contribution in [2.24, 2.45) is 11.7 Å². The van der Waals surface area contributed by atoms with Crippen LogP contribution in [-0.2, 0) is 11.2 Å². The third kappa shape index (κ3) is 3.21. The van der Waals surface area contributed by atoms with Crippen LogP contribution >= 0.6 is 0 Å². The lowest BCUT2D eigenvalue weighted by Gasteiger charge is -2.31. The number of nitrogens with zero attached hydrogens (tertiary/aromatic N) is 1.